The maximum Gasteiger partial charge on any atom is 0.253 e. The summed E-state index contributed by atoms with van der Waals surface area (Å²) in [5.41, 5.74) is 0.884. The fourth-order valence-electron chi connectivity index (χ4n) is 1.58. The van der Waals surface area contributed by atoms with Gasteiger partial charge in [0.05, 0.1) is 23.9 Å². The number of methoxy groups -OCH3 is 1. The molecule has 0 bridgehead atoms. The van der Waals surface area contributed by atoms with E-state index in [9.17, 15) is 9.59 Å². The highest BCUT2D eigenvalue weighted by atomic mass is 35.5. The summed E-state index contributed by atoms with van der Waals surface area (Å²) in [6.07, 6.45) is 0. The third kappa shape index (κ3) is 5.71. The van der Waals surface area contributed by atoms with Crippen LogP contribution in [-0.4, -0.2) is 57.6 Å². The van der Waals surface area contributed by atoms with Gasteiger partial charge < -0.3 is 20.3 Å². The predicted molar refractivity (Wildman–Crippen MR) is 82.8 cm³/mol. The lowest BCUT2D eigenvalue weighted by Gasteiger charge is -2.13. The quantitative estimate of drug-likeness (QED) is 0.743. The van der Waals surface area contributed by atoms with Gasteiger partial charge in [0.2, 0.25) is 5.91 Å². The number of nitrogens with zero attached hydrogens (tertiary/aromatic N) is 1. The van der Waals surface area contributed by atoms with Crippen LogP contribution in [0.15, 0.2) is 18.2 Å². The zero-order chi connectivity index (χ0) is 15.8. The van der Waals surface area contributed by atoms with Crippen LogP contribution in [-0.2, 0) is 9.53 Å². The van der Waals surface area contributed by atoms with Crippen LogP contribution in [0.1, 0.15) is 10.4 Å². The lowest BCUT2D eigenvalue weighted by atomic mass is 10.2. The van der Waals surface area contributed by atoms with E-state index in [1.165, 1.54) is 4.90 Å². The first-order chi connectivity index (χ1) is 9.95. The van der Waals surface area contributed by atoms with Gasteiger partial charge >= 0.3 is 0 Å². The average Bonchev–Trinajstić information content (AvgIpc) is 2.45. The maximum absolute atomic E-state index is 11.9. The minimum Gasteiger partial charge on any atom is -0.383 e. The summed E-state index contributed by atoms with van der Waals surface area (Å²) in [6.45, 7) is 1.25. The summed E-state index contributed by atoms with van der Waals surface area (Å²) < 4.78 is 4.87. The normalized spacial score (nSPS) is 10.3. The molecular weight excluding hydrogens is 294 g/mol. The van der Waals surface area contributed by atoms with E-state index >= 15 is 0 Å². The molecule has 2 amide bonds. The molecule has 1 rings (SSSR count). The fourth-order valence-corrected chi connectivity index (χ4v) is 1.75. The Bertz CT molecular complexity index is 506. The number of ether oxygens (including phenoxy) is 1. The van der Waals surface area contributed by atoms with Crippen LogP contribution >= 0.6 is 11.6 Å². The first-order valence-electron chi connectivity index (χ1n) is 6.46. The zero-order valence-corrected chi connectivity index (χ0v) is 13.2. The number of carbonyl (C=O) groups excluding carboxylic acids is 2. The van der Waals surface area contributed by atoms with E-state index in [1.54, 1.807) is 39.4 Å². The van der Waals surface area contributed by atoms with Crippen LogP contribution in [0.4, 0.5) is 5.69 Å². The van der Waals surface area contributed by atoms with Crippen LogP contribution in [0.25, 0.3) is 0 Å². The van der Waals surface area contributed by atoms with Gasteiger partial charge in [-0.2, -0.15) is 0 Å². The number of carbonyl (C=O) groups is 2. The van der Waals surface area contributed by atoms with Crippen LogP contribution in [0.2, 0.25) is 5.02 Å². The summed E-state index contributed by atoms with van der Waals surface area (Å²) >= 11 is 6.03. The predicted octanol–water partition coefficient (Wildman–Crippen LogP) is 1.22. The van der Waals surface area contributed by atoms with Crippen LogP contribution in [0, 0.1) is 0 Å². The van der Waals surface area contributed by atoms with Crippen molar-refractivity contribution in [1.82, 2.24) is 10.2 Å². The van der Waals surface area contributed by atoms with Crippen molar-refractivity contribution >= 4 is 29.1 Å². The van der Waals surface area contributed by atoms with E-state index in [-0.39, 0.29) is 18.4 Å². The maximum atomic E-state index is 11.9. The molecule has 0 saturated heterocycles. The van der Waals surface area contributed by atoms with Crippen molar-refractivity contribution in [2.75, 3.05) is 46.2 Å². The van der Waals surface area contributed by atoms with Crippen LogP contribution < -0.4 is 10.6 Å². The lowest BCUT2D eigenvalue weighted by molar-refractivity contribution is -0.115. The molecule has 0 fully saturated rings. The third-order valence-electron chi connectivity index (χ3n) is 2.66. The highest BCUT2D eigenvalue weighted by Crippen LogP contribution is 2.23. The van der Waals surface area contributed by atoms with Crippen molar-refractivity contribution in [1.29, 1.82) is 0 Å². The first-order valence-corrected chi connectivity index (χ1v) is 6.84. The summed E-state index contributed by atoms with van der Waals surface area (Å²) in [5.74, 6) is -0.386. The Morgan fingerprint density at radius 3 is 2.67 bits per heavy atom. The van der Waals surface area contributed by atoms with Crippen molar-refractivity contribution in [3.8, 4) is 0 Å². The lowest BCUT2D eigenvalue weighted by Crippen LogP contribution is -2.30. The van der Waals surface area contributed by atoms with Gasteiger partial charge in [-0.15, -0.1) is 0 Å². The highest BCUT2D eigenvalue weighted by molar-refractivity contribution is 6.33. The monoisotopic (exact) mass is 313 g/mol. The fraction of sp³-hybridized carbons (Fsp3) is 0.429. The summed E-state index contributed by atoms with van der Waals surface area (Å²) in [6, 6.07) is 4.78. The van der Waals surface area contributed by atoms with E-state index in [2.05, 4.69) is 10.6 Å². The Labute approximate surface area is 129 Å². The minimum absolute atomic E-state index is 0.144. The molecule has 0 unspecified atom stereocenters. The topological polar surface area (TPSA) is 70.7 Å². The second kappa shape index (κ2) is 8.61. The minimum atomic E-state index is -0.234. The van der Waals surface area contributed by atoms with Gasteiger partial charge in [-0.05, 0) is 18.2 Å². The molecule has 0 aromatic heterocycles. The number of benzene rings is 1. The van der Waals surface area contributed by atoms with E-state index in [4.69, 9.17) is 16.3 Å². The second-order valence-corrected chi connectivity index (χ2v) is 5.02. The molecule has 0 radical (unpaired) electrons. The third-order valence-corrected chi connectivity index (χ3v) is 2.99. The number of hydrogen-bond donors (Lipinski definition) is 2. The van der Waals surface area contributed by atoms with Gasteiger partial charge in [0, 0.05) is 33.3 Å². The number of nitrogens with one attached hydrogen (secondary N) is 2. The summed E-state index contributed by atoms with van der Waals surface area (Å²) in [4.78, 5) is 25.1. The smallest absolute Gasteiger partial charge is 0.253 e. The van der Waals surface area contributed by atoms with Gasteiger partial charge in [-0.3, -0.25) is 9.59 Å². The molecule has 0 atom stereocenters. The van der Waals surface area contributed by atoms with Gasteiger partial charge in [0.1, 0.15) is 0 Å². The molecule has 116 valence electrons. The highest BCUT2D eigenvalue weighted by Gasteiger charge is 2.12. The largest absolute Gasteiger partial charge is 0.383 e. The molecule has 7 heteroatoms. The van der Waals surface area contributed by atoms with Crippen molar-refractivity contribution in [2.45, 2.75) is 0 Å². The summed E-state index contributed by atoms with van der Waals surface area (Å²) in [7, 11) is 4.92. The molecule has 0 aliphatic heterocycles. The Kier molecular flexibility index (Phi) is 7.14. The van der Waals surface area contributed by atoms with Crippen LogP contribution in [0.5, 0.6) is 0 Å². The molecule has 0 aliphatic rings. The SMILES string of the molecule is COCCNCC(=O)Nc1cc(C(=O)N(C)C)ccc1Cl. The zero-order valence-electron chi connectivity index (χ0n) is 12.4. The number of rotatable bonds is 7. The molecule has 0 spiro atoms. The molecule has 2 N–H and O–H groups in total. The van der Waals surface area contributed by atoms with E-state index < -0.39 is 0 Å². The van der Waals surface area contributed by atoms with Crippen molar-refractivity contribution < 1.29 is 14.3 Å². The number of hydrogen-bond acceptors (Lipinski definition) is 4. The van der Waals surface area contributed by atoms with Gasteiger partial charge in [0.15, 0.2) is 0 Å². The summed E-state index contributed by atoms with van der Waals surface area (Å²) in [5, 5.41) is 5.99. The molecule has 1 aromatic rings. The molecule has 6 nitrogen and oxygen atoms in total. The van der Waals surface area contributed by atoms with Gasteiger partial charge in [-0.25, -0.2) is 0 Å². The standard InChI is InChI=1S/C14H20ClN3O3/c1-18(2)14(20)10-4-5-11(15)12(8-10)17-13(19)9-16-6-7-21-3/h4-5,8,16H,6-7,9H2,1-3H3,(H,17,19). The Balaban J connectivity index is 2.67. The van der Waals surface area contributed by atoms with Gasteiger partial charge in [0.25, 0.3) is 5.91 Å². The molecule has 1 aromatic carbocycles. The number of amides is 2. The number of halogens is 1. The Morgan fingerprint density at radius 1 is 1.33 bits per heavy atom. The van der Waals surface area contributed by atoms with Crippen LogP contribution in [0.3, 0.4) is 0 Å². The van der Waals surface area contributed by atoms with E-state index in [1.807, 2.05) is 0 Å². The molecule has 0 saturated carbocycles. The number of anilines is 1. The van der Waals surface area contributed by atoms with Gasteiger partial charge in [-0.1, -0.05) is 11.6 Å². The average molecular weight is 314 g/mol. The van der Waals surface area contributed by atoms with E-state index in [0.29, 0.717) is 29.4 Å². The Morgan fingerprint density at radius 2 is 2.05 bits per heavy atom. The van der Waals surface area contributed by atoms with Crippen molar-refractivity contribution in [3.05, 3.63) is 28.8 Å². The molecular formula is C14H20ClN3O3. The second-order valence-electron chi connectivity index (χ2n) is 4.61. The molecule has 0 aliphatic carbocycles. The Hall–Kier alpha value is -1.63. The molecule has 0 heterocycles. The van der Waals surface area contributed by atoms with Crippen molar-refractivity contribution in [2.24, 2.45) is 0 Å². The molecule has 21 heavy (non-hydrogen) atoms. The van der Waals surface area contributed by atoms with E-state index in [0.717, 1.165) is 0 Å². The van der Waals surface area contributed by atoms with Crippen molar-refractivity contribution in [3.63, 3.8) is 0 Å². The first kappa shape index (κ1) is 17.4.